The average Bonchev–Trinajstić information content (AvgIpc) is 3.47. The summed E-state index contributed by atoms with van der Waals surface area (Å²) in [5.74, 6) is 0.00145. The summed E-state index contributed by atoms with van der Waals surface area (Å²) >= 11 is 0. The van der Waals surface area contributed by atoms with E-state index in [1.54, 1.807) is 0 Å². The lowest BCUT2D eigenvalue weighted by Crippen LogP contribution is -2.48. The summed E-state index contributed by atoms with van der Waals surface area (Å²) in [5, 5.41) is 0.121. The molecule has 32 heavy (non-hydrogen) atoms. The van der Waals surface area contributed by atoms with E-state index in [4.69, 9.17) is 9.16 Å². The second-order valence-corrected chi connectivity index (χ2v) is 15.6. The minimum atomic E-state index is -1.98. The molecule has 4 rings (SSSR count). The number of rotatable bonds is 5. The van der Waals surface area contributed by atoms with E-state index in [1.807, 2.05) is 41.3 Å². The Morgan fingerprint density at radius 1 is 0.969 bits per heavy atom. The summed E-state index contributed by atoms with van der Waals surface area (Å²) < 4.78 is 12.9. The van der Waals surface area contributed by atoms with E-state index in [-0.39, 0.29) is 35.2 Å². The number of carbonyl (C=O) groups is 1. The topological polar surface area (TPSA) is 42.1 Å². The molecular weight excluding hydrogens is 414 g/mol. The Morgan fingerprint density at radius 3 is 2.19 bits per heavy atom. The first-order valence-electron chi connectivity index (χ1n) is 11.8. The highest BCUT2D eigenvalue weighted by atomic mass is 28.4. The molecule has 0 bridgehead atoms. The molecule has 172 valence electrons. The summed E-state index contributed by atoms with van der Waals surface area (Å²) in [5.41, 5.74) is 2.23. The molecular formula is C27H37NO3Si. The van der Waals surface area contributed by atoms with Crippen LogP contribution in [0.15, 0.2) is 60.7 Å². The molecule has 0 aliphatic carbocycles. The van der Waals surface area contributed by atoms with Crippen LogP contribution in [0.1, 0.15) is 50.7 Å². The number of carbonyl (C=O) groups excluding carboxylic acids is 1. The molecule has 0 saturated carbocycles. The van der Waals surface area contributed by atoms with Gasteiger partial charge in [-0.1, -0.05) is 81.4 Å². The summed E-state index contributed by atoms with van der Waals surface area (Å²) in [6.07, 6.45) is 1.93. The molecule has 4 atom stereocenters. The highest BCUT2D eigenvalue weighted by Gasteiger charge is 2.48. The van der Waals surface area contributed by atoms with E-state index < -0.39 is 8.32 Å². The van der Waals surface area contributed by atoms with Gasteiger partial charge in [-0.15, -0.1) is 0 Å². The molecule has 2 aromatic rings. The van der Waals surface area contributed by atoms with Gasteiger partial charge in [-0.2, -0.15) is 0 Å². The standard InChI is InChI=1S/C27H37NO3Si/c1-27(2,3)32(4,5)31-22-16-24-25(30-24)17-23(21-14-10-7-11-15-21)26(29)28(19-22)18-20-12-8-6-9-13-20/h6-15,22-25H,16-19H2,1-5H3/t22-,23+,24+,25+/m1/s1. The molecule has 2 fully saturated rings. The molecule has 0 unspecified atom stereocenters. The first-order valence-corrected chi connectivity index (χ1v) is 14.8. The highest BCUT2D eigenvalue weighted by molar-refractivity contribution is 6.74. The van der Waals surface area contributed by atoms with E-state index in [1.165, 1.54) is 0 Å². The Balaban J connectivity index is 1.64. The Morgan fingerprint density at radius 2 is 1.56 bits per heavy atom. The van der Waals surface area contributed by atoms with Gasteiger partial charge < -0.3 is 14.1 Å². The first-order chi connectivity index (χ1) is 15.1. The zero-order chi connectivity index (χ0) is 22.9. The SMILES string of the molecule is CC(C)(C)[Si](C)(C)O[C@@H]1C[C@@H]2O[C@H]2C[C@@H](c2ccccc2)C(=O)N(Cc2ccccc2)C1. The number of amides is 1. The fourth-order valence-corrected chi connectivity index (χ4v) is 5.76. The number of benzene rings is 2. The van der Waals surface area contributed by atoms with Crippen LogP contribution in [0.5, 0.6) is 0 Å². The van der Waals surface area contributed by atoms with Crippen molar-refractivity contribution in [2.75, 3.05) is 6.54 Å². The van der Waals surface area contributed by atoms with Crippen LogP contribution in [0.25, 0.3) is 0 Å². The van der Waals surface area contributed by atoms with Gasteiger partial charge in [0.1, 0.15) is 0 Å². The third-order valence-corrected chi connectivity index (χ3v) is 11.9. The van der Waals surface area contributed by atoms with E-state index in [9.17, 15) is 4.79 Å². The molecule has 0 aromatic heterocycles. The Kier molecular flexibility index (Phi) is 6.62. The van der Waals surface area contributed by atoms with Crippen LogP contribution in [0, 0.1) is 0 Å². The van der Waals surface area contributed by atoms with Crippen molar-refractivity contribution in [1.82, 2.24) is 4.90 Å². The molecule has 5 heteroatoms. The fraction of sp³-hybridized carbons (Fsp3) is 0.519. The van der Waals surface area contributed by atoms with Gasteiger partial charge >= 0.3 is 0 Å². The van der Waals surface area contributed by atoms with Crippen molar-refractivity contribution in [2.45, 2.75) is 82.5 Å². The number of ether oxygens (including phenoxy) is 1. The highest BCUT2D eigenvalue weighted by Crippen LogP contribution is 2.42. The lowest BCUT2D eigenvalue weighted by atomic mass is 9.92. The minimum Gasteiger partial charge on any atom is -0.412 e. The van der Waals surface area contributed by atoms with Crippen molar-refractivity contribution in [3.05, 3.63) is 71.8 Å². The first kappa shape index (κ1) is 23.2. The van der Waals surface area contributed by atoms with Gasteiger partial charge in [0.25, 0.3) is 0 Å². The Labute approximate surface area is 194 Å². The van der Waals surface area contributed by atoms with Crippen LogP contribution >= 0.6 is 0 Å². The molecule has 0 spiro atoms. The lowest BCUT2D eigenvalue weighted by molar-refractivity contribution is -0.135. The van der Waals surface area contributed by atoms with Crippen molar-refractivity contribution >= 4 is 14.2 Å². The van der Waals surface area contributed by atoms with Crippen LogP contribution in [0.2, 0.25) is 18.1 Å². The van der Waals surface area contributed by atoms with Gasteiger partial charge in [-0.05, 0) is 35.7 Å². The third kappa shape index (κ3) is 5.33. The van der Waals surface area contributed by atoms with Crippen LogP contribution < -0.4 is 0 Å². The maximum Gasteiger partial charge on any atom is 0.230 e. The van der Waals surface area contributed by atoms with Gasteiger partial charge in [-0.25, -0.2) is 0 Å². The zero-order valence-corrected chi connectivity index (χ0v) is 21.1. The Hall–Kier alpha value is -1.95. The van der Waals surface area contributed by atoms with Crippen LogP contribution in [0.4, 0.5) is 0 Å². The number of fused-ring (bicyclic) bond motifs is 1. The maximum atomic E-state index is 14.0. The largest absolute Gasteiger partial charge is 0.412 e. The quantitative estimate of drug-likeness (QED) is 0.429. The molecule has 2 aliphatic rings. The molecule has 0 N–H and O–H groups in total. The smallest absolute Gasteiger partial charge is 0.230 e. The molecule has 2 heterocycles. The monoisotopic (exact) mass is 451 g/mol. The van der Waals surface area contributed by atoms with E-state index in [2.05, 4.69) is 58.1 Å². The van der Waals surface area contributed by atoms with Gasteiger partial charge in [0.15, 0.2) is 8.32 Å². The normalized spacial score (nSPS) is 26.7. The third-order valence-electron chi connectivity index (χ3n) is 7.37. The van der Waals surface area contributed by atoms with Gasteiger partial charge in [-0.3, -0.25) is 4.79 Å². The molecule has 2 aliphatic heterocycles. The second-order valence-electron chi connectivity index (χ2n) is 10.9. The number of hydrogen-bond acceptors (Lipinski definition) is 3. The van der Waals surface area contributed by atoms with Crippen molar-refractivity contribution in [3.63, 3.8) is 0 Å². The molecule has 2 saturated heterocycles. The van der Waals surface area contributed by atoms with Crippen LogP contribution in [-0.2, 0) is 20.5 Å². The number of epoxide rings is 1. The van der Waals surface area contributed by atoms with Crippen molar-refractivity contribution in [2.24, 2.45) is 0 Å². The minimum absolute atomic E-state index is 0.00641. The molecule has 4 nitrogen and oxygen atoms in total. The summed E-state index contributed by atoms with van der Waals surface area (Å²) in [6.45, 7) is 12.6. The van der Waals surface area contributed by atoms with Crippen LogP contribution in [-0.4, -0.2) is 44.0 Å². The summed E-state index contributed by atoms with van der Waals surface area (Å²) in [7, 11) is -1.98. The van der Waals surface area contributed by atoms with E-state index >= 15 is 0 Å². The van der Waals surface area contributed by atoms with E-state index in [0.29, 0.717) is 13.1 Å². The zero-order valence-electron chi connectivity index (χ0n) is 20.1. The molecule has 1 amide bonds. The Bertz CT molecular complexity index is 910. The van der Waals surface area contributed by atoms with Crippen molar-refractivity contribution < 1.29 is 14.0 Å². The summed E-state index contributed by atoms with van der Waals surface area (Å²) in [6, 6.07) is 20.5. The fourth-order valence-electron chi connectivity index (χ4n) is 4.41. The lowest BCUT2D eigenvalue weighted by Gasteiger charge is -2.40. The van der Waals surface area contributed by atoms with Crippen molar-refractivity contribution in [1.29, 1.82) is 0 Å². The second kappa shape index (κ2) is 9.12. The van der Waals surface area contributed by atoms with Gasteiger partial charge in [0.2, 0.25) is 5.91 Å². The van der Waals surface area contributed by atoms with Crippen molar-refractivity contribution in [3.8, 4) is 0 Å². The number of nitrogens with zero attached hydrogens (tertiary/aromatic N) is 1. The van der Waals surface area contributed by atoms with E-state index in [0.717, 1.165) is 24.0 Å². The molecule has 0 radical (unpaired) electrons. The van der Waals surface area contributed by atoms with Gasteiger partial charge in [0.05, 0.1) is 24.2 Å². The van der Waals surface area contributed by atoms with Crippen LogP contribution in [0.3, 0.4) is 0 Å². The maximum absolute atomic E-state index is 14.0. The molecule has 2 aromatic carbocycles. The predicted octanol–water partition coefficient (Wildman–Crippen LogP) is 5.75. The average molecular weight is 452 g/mol. The number of hydrogen-bond donors (Lipinski definition) is 0. The predicted molar refractivity (Wildman–Crippen MR) is 131 cm³/mol. The van der Waals surface area contributed by atoms with Gasteiger partial charge in [0, 0.05) is 19.5 Å². The summed E-state index contributed by atoms with van der Waals surface area (Å²) in [4.78, 5) is 16.0.